The summed E-state index contributed by atoms with van der Waals surface area (Å²) >= 11 is 0. The van der Waals surface area contributed by atoms with Crippen molar-refractivity contribution in [1.82, 2.24) is 4.90 Å². The predicted molar refractivity (Wildman–Crippen MR) is 133 cm³/mol. The second-order valence-electron chi connectivity index (χ2n) is 10.8. The molecule has 2 N–H and O–H groups in total. The Balaban J connectivity index is 1.19. The van der Waals surface area contributed by atoms with Crippen LogP contribution in [0.3, 0.4) is 0 Å². The molecule has 2 aromatic carbocycles. The molecule has 2 fully saturated rings. The van der Waals surface area contributed by atoms with Crippen LogP contribution in [-0.4, -0.2) is 49.4 Å². The largest absolute Gasteiger partial charge is 0.486 e. The summed E-state index contributed by atoms with van der Waals surface area (Å²) in [4.78, 5) is 2.59. The number of fused-ring (bicyclic) bond motifs is 3. The molecule has 0 aromatic heterocycles. The first kappa shape index (κ1) is 22.8. The molecule has 4 aliphatic rings. The molecule has 1 saturated carbocycles. The Kier molecular flexibility index (Phi) is 5.19. The van der Waals surface area contributed by atoms with E-state index in [-0.39, 0.29) is 11.0 Å². The maximum absolute atomic E-state index is 11.7. The average Bonchev–Trinajstić information content (AvgIpc) is 3.65. The molecule has 2 unspecified atom stereocenters. The molecule has 6 rings (SSSR count). The minimum atomic E-state index is -3.39. The number of hydrogen-bond donors (Lipinski definition) is 2. The summed E-state index contributed by atoms with van der Waals surface area (Å²) in [6.07, 6.45) is 7.20. The first-order valence-electron chi connectivity index (χ1n) is 12.5. The first-order chi connectivity index (χ1) is 16.7. The van der Waals surface area contributed by atoms with Crippen molar-refractivity contribution in [2.24, 2.45) is 5.41 Å². The number of nitrogens with one attached hydrogen (secondary N) is 1. The lowest BCUT2D eigenvalue weighted by molar-refractivity contribution is -0.126. The monoisotopic (exact) mass is 493 g/mol. The highest BCUT2D eigenvalue weighted by Crippen LogP contribution is 2.68. The molecule has 0 amide bonds. The van der Waals surface area contributed by atoms with Crippen LogP contribution in [-0.2, 0) is 22.9 Å². The third-order valence-corrected chi connectivity index (χ3v) is 9.40. The van der Waals surface area contributed by atoms with Gasteiger partial charge < -0.3 is 9.84 Å². The molecule has 7 nitrogen and oxygen atoms in total. The number of likely N-dealkylation sites (tertiary alicyclic amines) is 1. The maximum Gasteiger partial charge on any atom is 0.229 e. The van der Waals surface area contributed by atoms with E-state index >= 15 is 0 Å². The van der Waals surface area contributed by atoms with Gasteiger partial charge in [-0.2, -0.15) is 5.26 Å². The zero-order valence-corrected chi connectivity index (χ0v) is 20.8. The smallest absolute Gasteiger partial charge is 0.229 e. The van der Waals surface area contributed by atoms with Crippen LogP contribution >= 0.6 is 0 Å². The number of aliphatic hydroxyl groups is 1. The van der Waals surface area contributed by atoms with E-state index in [2.05, 4.69) is 21.8 Å². The summed E-state index contributed by atoms with van der Waals surface area (Å²) in [6.45, 7) is 1.88. The SMILES string of the molecule is CS(=O)(=O)Nc1ccc2c(c1)C(O)C1(CC1)C1(CCN(C3CCc4cc(C#N)ccc4C3)CC1)O2. The van der Waals surface area contributed by atoms with Crippen molar-refractivity contribution in [1.29, 1.82) is 5.26 Å². The summed E-state index contributed by atoms with van der Waals surface area (Å²) in [7, 11) is -3.39. The van der Waals surface area contributed by atoms with Gasteiger partial charge in [0.2, 0.25) is 10.0 Å². The number of nitriles is 1. The Hall–Kier alpha value is -2.60. The lowest BCUT2D eigenvalue weighted by Gasteiger charge is -2.53. The highest BCUT2D eigenvalue weighted by atomic mass is 32.2. The minimum absolute atomic E-state index is 0.289. The average molecular weight is 494 g/mol. The van der Waals surface area contributed by atoms with E-state index in [1.807, 2.05) is 12.1 Å². The number of aliphatic hydroxyl groups excluding tert-OH is 1. The standard InChI is InChI=1S/C27H31N3O4S/c1-35(32,33)29-21-5-7-24-23(16-21)25(31)26(8-9-26)27(34-24)10-12-30(13-11-27)22-6-4-19-14-18(17-28)2-3-20(19)15-22/h2-3,5,7,14,16,22,25,29,31H,4,6,8-13,15H2,1H3. The Labute approximate surface area is 206 Å². The highest BCUT2D eigenvalue weighted by molar-refractivity contribution is 7.92. The fourth-order valence-corrected chi connectivity index (χ4v) is 7.38. The number of benzene rings is 2. The third kappa shape index (κ3) is 3.81. The summed E-state index contributed by atoms with van der Waals surface area (Å²) in [5.41, 5.74) is 3.88. The van der Waals surface area contributed by atoms with Gasteiger partial charge in [-0.25, -0.2) is 8.42 Å². The molecule has 2 heterocycles. The van der Waals surface area contributed by atoms with Gasteiger partial charge in [-0.15, -0.1) is 0 Å². The van der Waals surface area contributed by atoms with Crippen LogP contribution in [0.2, 0.25) is 0 Å². The number of anilines is 1. The van der Waals surface area contributed by atoms with Crippen LogP contribution < -0.4 is 9.46 Å². The quantitative estimate of drug-likeness (QED) is 0.678. The lowest BCUT2D eigenvalue weighted by Crippen LogP contribution is -2.59. The van der Waals surface area contributed by atoms with Gasteiger partial charge in [-0.1, -0.05) is 6.07 Å². The van der Waals surface area contributed by atoms with E-state index < -0.39 is 16.1 Å². The van der Waals surface area contributed by atoms with Crippen molar-refractivity contribution in [3.8, 4) is 11.8 Å². The normalized spacial score (nSPS) is 26.3. The van der Waals surface area contributed by atoms with E-state index in [1.165, 1.54) is 11.1 Å². The Bertz CT molecular complexity index is 1320. The van der Waals surface area contributed by atoms with Gasteiger partial charge in [0.1, 0.15) is 11.4 Å². The number of rotatable bonds is 3. The third-order valence-electron chi connectivity index (χ3n) is 8.79. The summed E-state index contributed by atoms with van der Waals surface area (Å²) < 4.78 is 32.6. The highest BCUT2D eigenvalue weighted by Gasteiger charge is 2.68. The minimum Gasteiger partial charge on any atom is -0.486 e. The number of aryl methyl sites for hydroxylation is 1. The van der Waals surface area contributed by atoms with Crippen molar-refractivity contribution < 1.29 is 18.3 Å². The van der Waals surface area contributed by atoms with Crippen molar-refractivity contribution >= 4 is 15.7 Å². The molecule has 8 heteroatoms. The van der Waals surface area contributed by atoms with Crippen LogP contribution in [0.1, 0.15) is 60.5 Å². The van der Waals surface area contributed by atoms with Gasteiger partial charge in [0, 0.05) is 48.6 Å². The second kappa shape index (κ2) is 7.95. The zero-order valence-electron chi connectivity index (χ0n) is 20.0. The number of hydrogen-bond acceptors (Lipinski definition) is 6. The summed E-state index contributed by atoms with van der Waals surface area (Å²) in [6, 6.07) is 14.1. The molecular weight excluding hydrogens is 462 g/mol. The molecule has 2 aromatic rings. The molecule has 2 spiro atoms. The molecule has 1 saturated heterocycles. The fourth-order valence-electron chi connectivity index (χ4n) is 6.82. The van der Waals surface area contributed by atoms with Crippen molar-refractivity contribution in [3.63, 3.8) is 0 Å². The number of sulfonamides is 1. The Morgan fingerprint density at radius 1 is 1.11 bits per heavy atom. The van der Waals surface area contributed by atoms with Crippen LogP contribution in [0, 0.1) is 16.7 Å². The molecule has 184 valence electrons. The van der Waals surface area contributed by atoms with E-state index in [0.717, 1.165) is 69.9 Å². The van der Waals surface area contributed by atoms with Crippen LogP contribution in [0.5, 0.6) is 5.75 Å². The van der Waals surface area contributed by atoms with Gasteiger partial charge in [-0.05, 0) is 73.6 Å². The van der Waals surface area contributed by atoms with Crippen LogP contribution in [0.15, 0.2) is 36.4 Å². The zero-order chi connectivity index (χ0) is 24.4. The van der Waals surface area contributed by atoms with Crippen molar-refractivity contribution in [2.45, 2.75) is 62.7 Å². The summed E-state index contributed by atoms with van der Waals surface area (Å²) in [5, 5.41) is 20.7. The van der Waals surface area contributed by atoms with E-state index in [0.29, 0.717) is 23.0 Å². The van der Waals surface area contributed by atoms with Crippen LogP contribution in [0.25, 0.3) is 0 Å². The Morgan fingerprint density at radius 3 is 2.57 bits per heavy atom. The maximum atomic E-state index is 11.7. The van der Waals surface area contributed by atoms with Gasteiger partial charge in [0.15, 0.2) is 0 Å². The molecular formula is C27H31N3O4S. The number of ether oxygens (including phenoxy) is 1. The van der Waals surface area contributed by atoms with Gasteiger partial charge in [-0.3, -0.25) is 9.62 Å². The summed E-state index contributed by atoms with van der Waals surface area (Å²) in [5.74, 6) is 0.669. The topological polar surface area (TPSA) is 103 Å². The van der Waals surface area contributed by atoms with Gasteiger partial charge in [0.05, 0.1) is 24.0 Å². The molecule has 2 aliphatic heterocycles. The fraction of sp³-hybridized carbons (Fsp3) is 0.519. The lowest BCUT2D eigenvalue weighted by atomic mass is 9.69. The molecule has 2 aliphatic carbocycles. The van der Waals surface area contributed by atoms with Gasteiger partial charge >= 0.3 is 0 Å². The number of piperidine rings is 1. The van der Waals surface area contributed by atoms with Crippen molar-refractivity contribution in [3.05, 3.63) is 58.7 Å². The van der Waals surface area contributed by atoms with Crippen LogP contribution in [0.4, 0.5) is 5.69 Å². The molecule has 2 atom stereocenters. The first-order valence-corrected chi connectivity index (χ1v) is 14.4. The Morgan fingerprint density at radius 2 is 1.89 bits per heavy atom. The van der Waals surface area contributed by atoms with E-state index in [4.69, 9.17) is 4.74 Å². The molecule has 35 heavy (non-hydrogen) atoms. The molecule has 0 bridgehead atoms. The molecule has 0 radical (unpaired) electrons. The van der Waals surface area contributed by atoms with E-state index in [9.17, 15) is 18.8 Å². The van der Waals surface area contributed by atoms with E-state index in [1.54, 1.807) is 18.2 Å². The number of nitrogens with zero attached hydrogens (tertiary/aromatic N) is 2. The van der Waals surface area contributed by atoms with Crippen molar-refractivity contribution in [2.75, 3.05) is 24.1 Å². The van der Waals surface area contributed by atoms with Gasteiger partial charge in [0.25, 0.3) is 0 Å². The second-order valence-corrected chi connectivity index (χ2v) is 12.6. The predicted octanol–water partition coefficient (Wildman–Crippen LogP) is 3.53.